The van der Waals surface area contributed by atoms with E-state index in [1.165, 1.54) is 12.1 Å². The van der Waals surface area contributed by atoms with Crippen LogP contribution in [0, 0.1) is 19.7 Å². The number of fused-ring (bicyclic) bond motifs is 1. The Hall–Kier alpha value is -3.52. The maximum absolute atomic E-state index is 13.2. The third-order valence-electron chi connectivity index (χ3n) is 4.96. The van der Waals surface area contributed by atoms with Crippen molar-refractivity contribution < 1.29 is 12.8 Å². The van der Waals surface area contributed by atoms with Crippen molar-refractivity contribution in [2.45, 2.75) is 25.3 Å². The van der Waals surface area contributed by atoms with Crippen LogP contribution in [-0.2, 0) is 16.6 Å². The number of para-hydroxylation sites is 2. The minimum Gasteiger partial charge on any atom is -0.363 e. The van der Waals surface area contributed by atoms with Gasteiger partial charge in [0.2, 0.25) is 0 Å². The molecule has 0 fully saturated rings. The lowest BCUT2D eigenvalue weighted by Gasteiger charge is -2.14. The van der Waals surface area contributed by atoms with Crippen molar-refractivity contribution in [3.05, 3.63) is 89.2 Å². The average molecular weight is 437 g/mol. The Bertz CT molecular complexity index is 1360. The minimum absolute atomic E-state index is 0.0963. The summed E-state index contributed by atoms with van der Waals surface area (Å²) in [6, 6.07) is 18.2. The SMILES string of the molecule is Cc1ccc(S(=O)(=O)Nc2nc3ccccc3nc2NCc2ccc(F)cc2)cc1C. The topological polar surface area (TPSA) is 84.0 Å². The molecule has 1 heterocycles. The second-order valence-corrected chi connectivity index (χ2v) is 8.92. The Morgan fingerprint density at radius 2 is 1.48 bits per heavy atom. The molecule has 1 aromatic heterocycles. The summed E-state index contributed by atoms with van der Waals surface area (Å²) < 4.78 is 41.8. The van der Waals surface area contributed by atoms with Crippen molar-refractivity contribution in [2.75, 3.05) is 10.0 Å². The molecule has 0 aliphatic carbocycles. The van der Waals surface area contributed by atoms with Gasteiger partial charge < -0.3 is 5.32 Å². The normalized spacial score (nSPS) is 11.5. The fraction of sp³-hybridized carbons (Fsp3) is 0.130. The van der Waals surface area contributed by atoms with Crippen LogP contribution < -0.4 is 10.0 Å². The van der Waals surface area contributed by atoms with Crippen LogP contribution in [0.3, 0.4) is 0 Å². The van der Waals surface area contributed by atoms with Gasteiger partial charge in [0.25, 0.3) is 10.0 Å². The Labute approximate surface area is 180 Å². The number of nitrogens with one attached hydrogen (secondary N) is 2. The Balaban J connectivity index is 1.70. The summed E-state index contributed by atoms with van der Waals surface area (Å²) in [4.78, 5) is 9.17. The second-order valence-electron chi connectivity index (χ2n) is 7.24. The summed E-state index contributed by atoms with van der Waals surface area (Å²) in [6.07, 6.45) is 0. The Morgan fingerprint density at radius 3 is 2.13 bits per heavy atom. The number of anilines is 2. The summed E-state index contributed by atoms with van der Waals surface area (Å²) in [5.41, 5.74) is 3.89. The maximum Gasteiger partial charge on any atom is 0.263 e. The van der Waals surface area contributed by atoms with E-state index in [0.717, 1.165) is 16.7 Å². The molecule has 0 saturated heterocycles. The molecule has 2 N–H and O–H groups in total. The highest BCUT2D eigenvalue weighted by atomic mass is 32.2. The predicted octanol–water partition coefficient (Wildman–Crippen LogP) is 4.80. The number of sulfonamides is 1. The standard InChI is InChI=1S/C23H21FN4O2S/c1-15-7-12-19(13-16(15)2)31(29,30)28-23-22(25-14-17-8-10-18(24)11-9-17)26-20-5-3-4-6-21(20)27-23/h3-13H,14H2,1-2H3,(H,25,26)(H,27,28). The zero-order valence-electron chi connectivity index (χ0n) is 17.1. The van der Waals surface area contributed by atoms with E-state index in [9.17, 15) is 12.8 Å². The van der Waals surface area contributed by atoms with Gasteiger partial charge in [0.05, 0.1) is 15.9 Å². The summed E-state index contributed by atoms with van der Waals surface area (Å²) in [5, 5.41) is 3.11. The van der Waals surface area contributed by atoms with E-state index >= 15 is 0 Å². The van der Waals surface area contributed by atoms with Crippen LogP contribution in [0.2, 0.25) is 0 Å². The molecule has 4 rings (SSSR count). The summed E-state index contributed by atoms with van der Waals surface area (Å²) >= 11 is 0. The first kappa shape index (κ1) is 20.7. The van der Waals surface area contributed by atoms with Crippen LogP contribution >= 0.6 is 0 Å². The van der Waals surface area contributed by atoms with E-state index in [-0.39, 0.29) is 22.3 Å². The lowest BCUT2D eigenvalue weighted by molar-refractivity contribution is 0.601. The maximum atomic E-state index is 13.2. The van der Waals surface area contributed by atoms with E-state index in [1.54, 1.807) is 42.5 Å². The van der Waals surface area contributed by atoms with Crippen LogP contribution in [0.5, 0.6) is 0 Å². The number of nitrogens with zero attached hydrogens (tertiary/aromatic N) is 2. The van der Waals surface area contributed by atoms with E-state index in [2.05, 4.69) is 20.0 Å². The van der Waals surface area contributed by atoms with Gasteiger partial charge in [-0.25, -0.2) is 22.8 Å². The first-order valence-corrected chi connectivity index (χ1v) is 11.2. The predicted molar refractivity (Wildman–Crippen MR) is 120 cm³/mol. The van der Waals surface area contributed by atoms with Crippen molar-refractivity contribution >= 4 is 32.7 Å². The molecule has 0 aliphatic rings. The van der Waals surface area contributed by atoms with Crippen LogP contribution in [0.15, 0.2) is 71.6 Å². The van der Waals surface area contributed by atoms with Gasteiger partial charge in [-0.3, -0.25) is 4.72 Å². The van der Waals surface area contributed by atoms with E-state index in [4.69, 9.17) is 0 Å². The highest BCUT2D eigenvalue weighted by Crippen LogP contribution is 2.25. The molecule has 0 saturated carbocycles. The molecule has 4 aromatic rings. The van der Waals surface area contributed by atoms with Gasteiger partial charge in [0.1, 0.15) is 5.82 Å². The number of aromatic nitrogens is 2. The van der Waals surface area contributed by atoms with E-state index in [0.29, 0.717) is 17.6 Å². The van der Waals surface area contributed by atoms with Gasteiger partial charge in [0.15, 0.2) is 11.6 Å². The first-order valence-electron chi connectivity index (χ1n) is 9.67. The van der Waals surface area contributed by atoms with Crippen LogP contribution in [0.25, 0.3) is 11.0 Å². The van der Waals surface area contributed by atoms with Gasteiger partial charge in [-0.15, -0.1) is 0 Å². The van der Waals surface area contributed by atoms with Gasteiger partial charge >= 0.3 is 0 Å². The molecule has 6 nitrogen and oxygen atoms in total. The van der Waals surface area contributed by atoms with Crippen molar-refractivity contribution in [1.82, 2.24) is 9.97 Å². The summed E-state index contributed by atoms with van der Waals surface area (Å²) in [6.45, 7) is 4.11. The molecular formula is C23H21FN4O2S. The van der Waals surface area contributed by atoms with Gasteiger partial charge in [-0.1, -0.05) is 30.3 Å². The van der Waals surface area contributed by atoms with Crippen LogP contribution in [-0.4, -0.2) is 18.4 Å². The van der Waals surface area contributed by atoms with Gasteiger partial charge in [-0.2, -0.15) is 0 Å². The number of hydrogen-bond donors (Lipinski definition) is 2. The fourth-order valence-corrected chi connectivity index (χ4v) is 4.14. The highest BCUT2D eigenvalue weighted by molar-refractivity contribution is 7.92. The van der Waals surface area contributed by atoms with Gasteiger partial charge in [0, 0.05) is 6.54 Å². The lowest BCUT2D eigenvalue weighted by Crippen LogP contribution is -2.17. The van der Waals surface area contributed by atoms with Crippen molar-refractivity contribution in [1.29, 1.82) is 0 Å². The third kappa shape index (κ3) is 4.64. The van der Waals surface area contributed by atoms with E-state index in [1.807, 2.05) is 26.0 Å². The summed E-state index contributed by atoms with van der Waals surface area (Å²) in [7, 11) is -3.87. The number of aryl methyl sites for hydroxylation is 2. The second kappa shape index (κ2) is 8.31. The summed E-state index contributed by atoms with van der Waals surface area (Å²) in [5.74, 6) is 0.0607. The lowest BCUT2D eigenvalue weighted by atomic mass is 10.1. The number of halogens is 1. The Morgan fingerprint density at radius 1 is 0.839 bits per heavy atom. The molecule has 0 unspecified atom stereocenters. The first-order chi connectivity index (χ1) is 14.8. The molecule has 0 atom stereocenters. The van der Waals surface area contributed by atoms with Crippen molar-refractivity contribution in [3.63, 3.8) is 0 Å². The monoisotopic (exact) mass is 436 g/mol. The molecule has 0 radical (unpaired) electrons. The molecule has 8 heteroatoms. The molecular weight excluding hydrogens is 415 g/mol. The average Bonchev–Trinajstić information content (AvgIpc) is 2.75. The largest absolute Gasteiger partial charge is 0.363 e. The van der Waals surface area contributed by atoms with Crippen molar-refractivity contribution in [2.24, 2.45) is 0 Å². The highest BCUT2D eigenvalue weighted by Gasteiger charge is 2.19. The fourth-order valence-electron chi connectivity index (χ4n) is 3.05. The number of benzene rings is 3. The number of rotatable bonds is 6. The molecule has 0 amide bonds. The molecule has 31 heavy (non-hydrogen) atoms. The van der Waals surface area contributed by atoms with Crippen LogP contribution in [0.4, 0.5) is 16.0 Å². The van der Waals surface area contributed by atoms with Crippen molar-refractivity contribution in [3.8, 4) is 0 Å². The zero-order chi connectivity index (χ0) is 22.0. The minimum atomic E-state index is -3.87. The smallest absolute Gasteiger partial charge is 0.263 e. The molecule has 0 bridgehead atoms. The molecule has 158 valence electrons. The zero-order valence-corrected chi connectivity index (χ0v) is 17.9. The molecule has 0 aliphatic heterocycles. The Kier molecular flexibility index (Phi) is 5.56. The quantitative estimate of drug-likeness (QED) is 0.454. The molecule has 0 spiro atoms. The van der Waals surface area contributed by atoms with Crippen LogP contribution in [0.1, 0.15) is 16.7 Å². The molecule has 3 aromatic carbocycles. The number of hydrogen-bond acceptors (Lipinski definition) is 5. The third-order valence-corrected chi connectivity index (χ3v) is 6.30. The van der Waals surface area contributed by atoms with E-state index < -0.39 is 10.0 Å². The van der Waals surface area contributed by atoms with Gasteiger partial charge in [-0.05, 0) is 66.9 Å².